The van der Waals surface area contributed by atoms with Crippen LogP contribution in [0.2, 0.25) is 0 Å². The molecule has 0 aromatic heterocycles. The first-order valence-electron chi connectivity index (χ1n) is 7.50. The van der Waals surface area contributed by atoms with E-state index in [1.165, 1.54) is 6.92 Å². The largest absolute Gasteiger partial charge is 0.376 e. The SMILES string of the molecule is CC(=O)Nc1ccc(NCC(=O)NC(C)c2ccccc2)cc1. The van der Waals surface area contributed by atoms with Crippen molar-refractivity contribution in [3.8, 4) is 0 Å². The Kier molecular flexibility index (Phi) is 5.74. The molecular weight excluding hydrogens is 290 g/mol. The smallest absolute Gasteiger partial charge is 0.239 e. The summed E-state index contributed by atoms with van der Waals surface area (Å²) < 4.78 is 0. The van der Waals surface area contributed by atoms with Crippen molar-refractivity contribution in [2.24, 2.45) is 0 Å². The second-order valence-corrected chi connectivity index (χ2v) is 5.31. The summed E-state index contributed by atoms with van der Waals surface area (Å²) in [4.78, 5) is 22.9. The fourth-order valence-electron chi connectivity index (χ4n) is 2.17. The van der Waals surface area contributed by atoms with Crippen LogP contribution >= 0.6 is 0 Å². The summed E-state index contributed by atoms with van der Waals surface area (Å²) in [6, 6.07) is 17.0. The van der Waals surface area contributed by atoms with Crippen molar-refractivity contribution >= 4 is 23.2 Å². The van der Waals surface area contributed by atoms with E-state index < -0.39 is 0 Å². The predicted octanol–water partition coefficient (Wildman–Crippen LogP) is 2.93. The molecule has 2 rings (SSSR count). The molecule has 3 N–H and O–H groups in total. The summed E-state index contributed by atoms with van der Waals surface area (Å²) in [5, 5.41) is 8.70. The Hall–Kier alpha value is -2.82. The Labute approximate surface area is 136 Å². The quantitative estimate of drug-likeness (QED) is 0.768. The number of rotatable bonds is 6. The van der Waals surface area contributed by atoms with Crippen molar-refractivity contribution in [2.45, 2.75) is 19.9 Å². The first-order valence-corrected chi connectivity index (χ1v) is 7.50. The number of hydrogen-bond donors (Lipinski definition) is 3. The highest BCUT2D eigenvalue weighted by atomic mass is 16.2. The summed E-state index contributed by atoms with van der Waals surface area (Å²) in [6.07, 6.45) is 0. The fraction of sp³-hybridized carbons (Fsp3) is 0.222. The molecule has 0 aliphatic heterocycles. The number of amides is 2. The highest BCUT2D eigenvalue weighted by Crippen LogP contribution is 2.14. The number of benzene rings is 2. The molecule has 2 aromatic rings. The molecule has 0 aliphatic carbocycles. The molecule has 0 saturated carbocycles. The summed E-state index contributed by atoms with van der Waals surface area (Å²) in [5.41, 5.74) is 2.62. The van der Waals surface area contributed by atoms with Crippen molar-refractivity contribution in [3.05, 3.63) is 60.2 Å². The highest BCUT2D eigenvalue weighted by Gasteiger charge is 2.08. The zero-order chi connectivity index (χ0) is 16.7. The second kappa shape index (κ2) is 7.98. The molecule has 5 heteroatoms. The van der Waals surface area contributed by atoms with Crippen LogP contribution in [0.5, 0.6) is 0 Å². The summed E-state index contributed by atoms with van der Waals surface area (Å²) >= 11 is 0. The summed E-state index contributed by atoms with van der Waals surface area (Å²) in [6.45, 7) is 3.61. The predicted molar refractivity (Wildman–Crippen MR) is 92.2 cm³/mol. The molecule has 0 bridgehead atoms. The number of nitrogens with one attached hydrogen (secondary N) is 3. The van der Waals surface area contributed by atoms with Gasteiger partial charge in [0.25, 0.3) is 0 Å². The van der Waals surface area contributed by atoms with E-state index in [1.54, 1.807) is 12.1 Å². The molecule has 0 radical (unpaired) electrons. The van der Waals surface area contributed by atoms with Gasteiger partial charge in [0.05, 0.1) is 12.6 Å². The van der Waals surface area contributed by atoms with Gasteiger partial charge in [-0.3, -0.25) is 9.59 Å². The first-order chi connectivity index (χ1) is 11.0. The van der Waals surface area contributed by atoms with E-state index in [9.17, 15) is 9.59 Å². The molecule has 0 fully saturated rings. The van der Waals surface area contributed by atoms with Gasteiger partial charge in [0.2, 0.25) is 11.8 Å². The molecule has 1 unspecified atom stereocenters. The van der Waals surface area contributed by atoms with Gasteiger partial charge in [0, 0.05) is 18.3 Å². The molecule has 0 saturated heterocycles. The van der Waals surface area contributed by atoms with Gasteiger partial charge in [0.15, 0.2) is 0 Å². The monoisotopic (exact) mass is 311 g/mol. The van der Waals surface area contributed by atoms with Crippen LogP contribution in [0.25, 0.3) is 0 Å². The summed E-state index contributed by atoms with van der Waals surface area (Å²) in [7, 11) is 0. The van der Waals surface area contributed by atoms with Crippen LogP contribution in [-0.4, -0.2) is 18.4 Å². The van der Waals surface area contributed by atoms with E-state index in [0.717, 1.165) is 16.9 Å². The molecule has 1 atom stereocenters. The minimum absolute atomic E-state index is 0.0346. The van der Waals surface area contributed by atoms with E-state index >= 15 is 0 Å². The lowest BCUT2D eigenvalue weighted by Gasteiger charge is -2.15. The van der Waals surface area contributed by atoms with Crippen molar-refractivity contribution in [2.75, 3.05) is 17.2 Å². The number of carbonyl (C=O) groups excluding carboxylic acids is 2. The van der Waals surface area contributed by atoms with Crippen LogP contribution in [0.15, 0.2) is 54.6 Å². The van der Waals surface area contributed by atoms with Gasteiger partial charge in [-0.1, -0.05) is 30.3 Å². The van der Waals surface area contributed by atoms with Crippen LogP contribution in [0.3, 0.4) is 0 Å². The molecule has 5 nitrogen and oxygen atoms in total. The van der Waals surface area contributed by atoms with Gasteiger partial charge in [-0.25, -0.2) is 0 Å². The van der Waals surface area contributed by atoms with Crippen molar-refractivity contribution in [3.63, 3.8) is 0 Å². The topological polar surface area (TPSA) is 70.2 Å². The third kappa shape index (κ3) is 5.47. The summed E-state index contributed by atoms with van der Waals surface area (Å²) in [5.74, 6) is -0.188. The lowest BCUT2D eigenvalue weighted by molar-refractivity contribution is -0.120. The molecular formula is C18H21N3O2. The minimum Gasteiger partial charge on any atom is -0.376 e. The van der Waals surface area contributed by atoms with E-state index in [1.807, 2.05) is 49.4 Å². The zero-order valence-electron chi connectivity index (χ0n) is 13.3. The molecule has 2 amide bonds. The third-order valence-corrected chi connectivity index (χ3v) is 3.34. The van der Waals surface area contributed by atoms with Gasteiger partial charge in [0.1, 0.15) is 0 Å². The Morgan fingerprint density at radius 3 is 2.17 bits per heavy atom. The average molecular weight is 311 g/mol. The highest BCUT2D eigenvalue weighted by molar-refractivity contribution is 5.89. The Bertz CT molecular complexity index is 654. The van der Waals surface area contributed by atoms with Gasteiger partial charge < -0.3 is 16.0 Å². The lowest BCUT2D eigenvalue weighted by Crippen LogP contribution is -2.32. The van der Waals surface area contributed by atoms with Crippen LogP contribution in [0.4, 0.5) is 11.4 Å². The molecule has 0 aliphatic rings. The Morgan fingerprint density at radius 2 is 1.57 bits per heavy atom. The molecule has 0 spiro atoms. The number of anilines is 2. The van der Waals surface area contributed by atoms with Crippen molar-refractivity contribution in [1.82, 2.24) is 5.32 Å². The maximum absolute atomic E-state index is 12.0. The van der Waals surface area contributed by atoms with E-state index in [-0.39, 0.29) is 24.4 Å². The number of carbonyl (C=O) groups is 2. The van der Waals surface area contributed by atoms with Gasteiger partial charge in [-0.15, -0.1) is 0 Å². The van der Waals surface area contributed by atoms with Crippen LogP contribution in [0, 0.1) is 0 Å². The maximum Gasteiger partial charge on any atom is 0.239 e. The van der Waals surface area contributed by atoms with E-state index in [2.05, 4.69) is 16.0 Å². The Morgan fingerprint density at radius 1 is 0.957 bits per heavy atom. The van der Waals surface area contributed by atoms with E-state index in [4.69, 9.17) is 0 Å². The van der Waals surface area contributed by atoms with E-state index in [0.29, 0.717) is 0 Å². The van der Waals surface area contributed by atoms with Crippen LogP contribution in [0.1, 0.15) is 25.5 Å². The van der Waals surface area contributed by atoms with Crippen LogP contribution in [-0.2, 0) is 9.59 Å². The average Bonchev–Trinajstić information content (AvgIpc) is 2.54. The minimum atomic E-state index is -0.111. The third-order valence-electron chi connectivity index (χ3n) is 3.34. The fourth-order valence-corrected chi connectivity index (χ4v) is 2.17. The molecule has 2 aromatic carbocycles. The maximum atomic E-state index is 12.0. The zero-order valence-corrected chi connectivity index (χ0v) is 13.3. The Balaban J connectivity index is 1.81. The first kappa shape index (κ1) is 16.5. The van der Waals surface area contributed by atoms with Crippen molar-refractivity contribution < 1.29 is 9.59 Å². The van der Waals surface area contributed by atoms with Crippen LogP contribution < -0.4 is 16.0 Å². The number of hydrogen-bond acceptors (Lipinski definition) is 3. The van der Waals surface area contributed by atoms with Gasteiger partial charge in [-0.2, -0.15) is 0 Å². The molecule has 23 heavy (non-hydrogen) atoms. The lowest BCUT2D eigenvalue weighted by atomic mass is 10.1. The van der Waals surface area contributed by atoms with Gasteiger partial charge in [-0.05, 0) is 36.8 Å². The molecule has 0 heterocycles. The molecule has 120 valence electrons. The van der Waals surface area contributed by atoms with Crippen molar-refractivity contribution in [1.29, 1.82) is 0 Å². The standard InChI is InChI=1S/C18H21N3O2/c1-13(15-6-4-3-5-7-15)20-18(23)12-19-16-8-10-17(11-9-16)21-14(2)22/h3-11,13,19H,12H2,1-2H3,(H,20,23)(H,21,22). The normalized spacial score (nSPS) is 11.4. The second-order valence-electron chi connectivity index (χ2n) is 5.31. The van der Waals surface area contributed by atoms with Gasteiger partial charge >= 0.3 is 0 Å².